The topological polar surface area (TPSA) is 17.8 Å². The summed E-state index contributed by atoms with van der Waals surface area (Å²) in [5.41, 5.74) is 1.16. The van der Waals surface area contributed by atoms with Crippen molar-refractivity contribution in [2.24, 2.45) is 0 Å². The van der Waals surface area contributed by atoms with Gasteiger partial charge in [-0.25, -0.2) is 0 Å². The Morgan fingerprint density at radius 2 is 1.81 bits per heavy atom. The Hall–Kier alpha value is -1.61. The molecule has 1 aromatic carbocycles. The Balaban J connectivity index is 2.41. The first-order valence-electron chi connectivity index (χ1n) is 5.02. The van der Waals surface area contributed by atoms with E-state index in [0.717, 1.165) is 15.5 Å². The fraction of sp³-hybridized carbons (Fsp3) is 0. The van der Waals surface area contributed by atoms with Crippen molar-refractivity contribution in [2.75, 3.05) is 0 Å². The predicted molar refractivity (Wildman–Crippen MR) is 68.8 cm³/mol. The maximum absolute atomic E-state index is 4.18. The molecular weight excluding hydrogens is 264 g/mol. The highest BCUT2D eigenvalue weighted by molar-refractivity contribution is 9.10. The average molecular weight is 273 g/mol. The van der Waals surface area contributed by atoms with Crippen molar-refractivity contribution in [1.29, 1.82) is 0 Å². The molecule has 0 N–H and O–H groups in total. The molecule has 2 heterocycles. The summed E-state index contributed by atoms with van der Waals surface area (Å²) < 4.78 is 3.13. The average Bonchev–Trinajstić information content (AvgIpc) is 2.82. The van der Waals surface area contributed by atoms with Crippen LogP contribution in [0.15, 0.2) is 59.6 Å². The first-order valence-corrected chi connectivity index (χ1v) is 5.81. The highest BCUT2D eigenvalue weighted by Gasteiger charge is 2.05. The van der Waals surface area contributed by atoms with Gasteiger partial charge in [-0.05, 0) is 34.1 Å². The molecule has 0 atom stereocenters. The summed E-state index contributed by atoms with van der Waals surface area (Å²) in [7, 11) is 0. The molecule has 0 saturated carbocycles. The fourth-order valence-corrected chi connectivity index (χ4v) is 2.43. The smallest absolute Gasteiger partial charge is 0.0540 e. The highest BCUT2D eigenvalue weighted by atomic mass is 79.9. The van der Waals surface area contributed by atoms with Gasteiger partial charge in [-0.15, -0.1) is 0 Å². The van der Waals surface area contributed by atoms with Gasteiger partial charge >= 0.3 is 0 Å². The Bertz CT molecular complexity index is 624. The van der Waals surface area contributed by atoms with Gasteiger partial charge < -0.3 is 4.57 Å². The molecule has 2 nitrogen and oxygen atoms in total. The van der Waals surface area contributed by atoms with Crippen LogP contribution >= 0.6 is 15.9 Å². The van der Waals surface area contributed by atoms with Gasteiger partial charge in [-0.3, -0.25) is 4.98 Å². The van der Waals surface area contributed by atoms with Crippen LogP contribution in [0.4, 0.5) is 0 Å². The van der Waals surface area contributed by atoms with Crippen LogP contribution in [0.5, 0.6) is 0 Å². The van der Waals surface area contributed by atoms with Gasteiger partial charge in [0, 0.05) is 40.0 Å². The minimum absolute atomic E-state index is 1.02. The third-order valence-corrected chi connectivity index (χ3v) is 3.20. The van der Waals surface area contributed by atoms with Gasteiger partial charge in [0.05, 0.1) is 5.69 Å². The first-order chi connectivity index (χ1) is 7.86. The second-order valence-corrected chi connectivity index (χ2v) is 4.44. The Morgan fingerprint density at radius 1 is 1.00 bits per heavy atom. The summed E-state index contributed by atoms with van der Waals surface area (Å²) in [6.07, 6.45) is 7.80. The molecule has 0 unspecified atom stereocenters. The van der Waals surface area contributed by atoms with E-state index in [-0.39, 0.29) is 0 Å². The lowest BCUT2D eigenvalue weighted by Crippen LogP contribution is -1.92. The van der Waals surface area contributed by atoms with Crippen LogP contribution in [0.3, 0.4) is 0 Å². The van der Waals surface area contributed by atoms with Crippen LogP contribution in [0, 0.1) is 0 Å². The molecule has 0 bridgehead atoms. The molecule has 0 amide bonds. The fourth-order valence-electron chi connectivity index (χ4n) is 1.88. The van der Waals surface area contributed by atoms with Crippen molar-refractivity contribution < 1.29 is 0 Å². The van der Waals surface area contributed by atoms with E-state index in [2.05, 4.69) is 37.6 Å². The molecule has 0 radical (unpaired) electrons. The lowest BCUT2D eigenvalue weighted by atomic mass is 10.1. The molecule has 0 aliphatic heterocycles. The number of hydrogen-bond donors (Lipinski definition) is 0. The van der Waals surface area contributed by atoms with Crippen molar-refractivity contribution in [3.8, 4) is 5.69 Å². The summed E-state index contributed by atoms with van der Waals surface area (Å²) in [6, 6.07) is 10.3. The molecule has 2 aromatic heterocycles. The predicted octanol–water partition coefficient (Wildman–Crippen LogP) is 3.79. The second-order valence-electron chi connectivity index (χ2n) is 3.59. The van der Waals surface area contributed by atoms with Gasteiger partial charge in [-0.1, -0.05) is 12.1 Å². The Kier molecular flexibility index (Phi) is 2.26. The number of benzene rings is 1. The number of halogens is 1. The van der Waals surface area contributed by atoms with Crippen LogP contribution in [0.2, 0.25) is 0 Å². The Labute approximate surface area is 102 Å². The summed E-state index contributed by atoms with van der Waals surface area (Å²) in [5.74, 6) is 0. The third kappa shape index (κ3) is 1.44. The van der Waals surface area contributed by atoms with Crippen LogP contribution in [0.1, 0.15) is 0 Å². The molecule has 0 fully saturated rings. The number of nitrogens with zero attached hydrogens (tertiary/aromatic N) is 2. The summed E-state index contributed by atoms with van der Waals surface area (Å²) >= 11 is 3.56. The van der Waals surface area contributed by atoms with Crippen molar-refractivity contribution in [2.45, 2.75) is 0 Å². The number of hydrogen-bond acceptors (Lipinski definition) is 1. The zero-order chi connectivity index (χ0) is 11.0. The maximum atomic E-state index is 4.18. The van der Waals surface area contributed by atoms with Gasteiger partial charge in [0.25, 0.3) is 0 Å². The van der Waals surface area contributed by atoms with Crippen LogP contribution < -0.4 is 0 Å². The number of pyridine rings is 1. The quantitative estimate of drug-likeness (QED) is 0.659. The number of rotatable bonds is 1. The van der Waals surface area contributed by atoms with E-state index in [4.69, 9.17) is 0 Å². The third-order valence-electron chi connectivity index (χ3n) is 2.60. The molecule has 16 heavy (non-hydrogen) atoms. The van der Waals surface area contributed by atoms with Crippen molar-refractivity contribution >= 4 is 26.7 Å². The standard InChI is InChI=1S/C13H9BrN2/c14-11-9-15-8-10-4-3-5-12(13(10)11)16-6-1-2-7-16/h1-9H. The van der Waals surface area contributed by atoms with E-state index >= 15 is 0 Å². The highest BCUT2D eigenvalue weighted by Crippen LogP contribution is 2.28. The SMILES string of the molecule is Brc1cncc2cccc(-n3cccc3)c12. The van der Waals surface area contributed by atoms with Gasteiger partial charge in [0.1, 0.15) is 0 Å². The van der Waals surface area contributed by atoms with Crippen molar-refractivity contribution in [1.82, 2.24) is 9.55 Å². The molecule has 3 rings (SSSR count). The van der Waals surface area contributed by atoms with Crippen LogP contribution in [-0.2, 0) is 0 Å². The van der Waals surface area contributed by atoms with E-state index in [1.165, 1.54) is 5.39 Å². The van der Waals surface area contributed by atoms with Gasteiger partial charge in [0.2, 0.25) is 0 Å². The van der Waals surface area contributed by atoms with Crippen LogP contribution in [-0.4, -0.2) is 9.55 Å². The van der Waals surface area contributed by atoms with Crippen molar-refractivity contribution in [3.63, 3.8) is 0 Å². The Morgan fingerprint density at radius 3 is 2.62 bits per heavy atom. The zero-order valence-corrected chi connectivity index (χ0v) is 10.1. The normalized spacial score (nSPS) is 10.8. The molecule has 0 spiro atoms. The molecule has 0 aliphatic carbocycles. The summed E-state index contributed by atoms with van der Waals surface area (Å²) in [4.78, 5) is 4.18. The summed E-state index contributed by atoms with van der Waals surface area (Å²) in [5, 5.41) is 2.33. The molecule has 0 aliphatic rings. The van der Waals surface area contributed by atoms with E-state index in [9.17, 15) is 0 Å². The minimum Gasteiger partial charge on any atom is -0.323 e. The van der Waals surface area contributed by atoms with E-state index in [1.54, 1.807) is 0 Å². The second kappa shape index (κ2) is 3.76. The lowest BCUT2D eigenvalue weighted by Gasteiger charge is -2.08. The molecular formula is C13H9BrN2. The largest absolute Gasteiger partial charge is 0.323 e. The minimum atomic E-state index is 1.02. The van der Waals surface area contributed by atoms with Gasteiger partial charge in [-0.2, -0.15) is 0 Å². The number of fused-ring (bicyclic) bond motifs is 1. The lowest BCUT2D eigenvalue weighted by molar-refractivity contribution is 1.09. The first kappa shape index (κ1) is 9.60. The van der Waals surface area contributed by atoms with E-state index < -0.39 is 0 Å². The molecule has 0 saturated heterocycles. The van der Waals surface area contributed by atoms with Gasteiger partial charge in [0.15, 0.2) is 0 Å². The monoisotopic (exact) mass is 272 g/mol. The van der Waals surface area contributed by atoms with E-state index in [1.807, 2.05) is 43.0 Å². The van der Waals surface area contributed by atoms with Crippen molar-refractivity contribution in [3.05, 3.63) is 59.6 Å². The zero-order valence-electron chi connectivity index (χ0n) is 8.47. The van der Waals surface area contributed by atoms with Crippen LogP contribution in [0.25, 0.3) is 16.5 Å². The molecule has 78 valence electrons. The molecule has 3 heteroatoms. The number of aromatic nitrogens is 2. The molecule has 3 aromatic rings. The summed E-state index contributed by atoms with van der Waals surface area (Å²) in [6.45, 7) is 0. The van der Waals surface area contributed by atoms with E-state index in [0.29, 0.717) is 0 Å². The maximum Gasteiger partial charge on any atom is 0.0540 e.